The highest BCUT2D eigenvalue weighted by Gasteiger charge is 2.30. The van der Waals surface area contributed by atoms with E-state index in [2.05, 4.69) is 5.32 Å². The highest BCUT2D eigenvalue weighted by atomic mass is 31.2. The van der Waals surface area contributed by atoms with Crippen molar-refractivity contribution in [2.75, 3.05) is 21.0 Å². The van der Waals surface area contributed by atoms with Crippen LogP contribution in [0.15, 0.2) is 54.0 Å². The molecule has 1 aliphatic heterocycles. The van der Waals surface area contributed by atoms with Gasteiger partial charge in [-0.25, -0.2) is 0 Å². The molecule has 2 aromatic rings. The molecular formula is C18H18NO6P. The van der Waals surface area contributed by atoms with E-state index in [0.29, 0.717) is 22.6 Å². The Hall–Kier alpha value is -2.60. The Labute approximate surface area is 151 Å². The van der Waals surface area contributed by atoms with E-state index < -0.39 is 13.5 Å². The Kier molecular flexibility index (Phi) is 5.42. The van der Waals surface area contributed by atoms with E-state index in [1.54, 1.807) is 48.5 Å². The van der Waals surface area contributed by atoms with Crippen molar-refractivity contribution in [1.82, 2.24) is 5.32 Å². The molecule has 0 atom stereocenters. The minimum atomic E-state index is -3.69. The third-order valence-electron chi connectivity index (χ3n) is 3.75. The van der Waals surface area contributed by atoms with E-state index in [1.165, 1.54) is 20.3 Å². The number of ether oxygens (including phenoxy) is 2. The van der Waals surface area contributed by atoms with Gasteiger partial charge in [-0.1, -0.05) is 24.3 Å². The third kappa shape index (κ3) is 3.80. The van der Waals surface area contributed by atoms with Gasteiger partial charge in [-0.2, -0.15) is 0 Å². The van der Waals surface area contributed by atoms with Crippen LogP contribution in [0.25, 0.3) is 6.08 Å². The van der Waals surface area contributed by atoms with Gasteiger partial charge in [-0.15, -0.1) is 0 Å². The molecule has 7 nitrogen and oxygen atoms in total. The van der Waals surface area contributed by atoms with E-state index in [4.69, 9.17) is 18.5 Å². The maximum atomic E-state index is 12.9. The maximum absolute atomic E-state index is 12.9. The molecule has 0 saturated carbocycles. The van der Waals surface area contributed by atoms with Crippen LogP contribution in [0.4, 0.5) is 0 Å². The summed E-state index contributed by atoms with van der Waals surface area (Å²) in [5.41, 5.74) is 1.09. The molecule has 3 rings (SSSR count). The fourth-order valence-corrected chi connectivity index (χ4v) is 3.48. The summed E-state index contributed by atoms with van der Waals surface area (Å²) in [5.74, 6) is 0.766. The highest BCUT2D eigenvalue weighted by Crippen LogP contribution is 2.54. The number of carbonyl (C=O) groups excluding carboxylic acids is 1. The topological polar surface area (TPSA) is 83.1 Å². The first kappa shape index (κ1) is 18.2. The van der Waals surface area contributed by atoms with Gasteiger partial charge in [0.25, 0.3) is 5.91 Å². The Morgan fingerprint density at radius 1 is 1.08 bits per heavy atom. The van der Waals surface area contributed by atoms with Crippen molar-refractivity contribution < 1.29 is 27.9 Å². The van der Waals surface area contributed by atoms with Crippen LogP contribution in [0.2, 0.25) is 0 Å². The molecule has 0 bridgehead atoms. The van der Waals surface area contributed by atoms with Crippen molar-refractivity contribution in [2.45, 2.75) is 0 Å². The standard InChI is InChI=1S/C18H18NO6P/c1-22-26(21,23-2)17(19-18(20)14-6-4-3-5-7-14)11-13-8-9-15-16(10-13)25-12-24-15/h3-11H,12H2,1-2H3,(H,19,20)/b17-11+. The third-order valence-corrected chi connectivity index (χ3v) is 5.55. The molecule has 1 N–H and O–H groups in total. The van der Waals surface area contributed by atoms with E-state index >= 15 is 0 Å². The Morgan fingerprint density at radius 2 is 1.77 bits per heavy atom. The van der Waals surface area contributed by atoms with Crippen molar-refractivity contribution in [2.24, 2.45) is 0 Å². The van der Waals surface area contributed by atoms with Gasteiger partial charge in [0.15, 0.2) is 11.5 Å². The van der Waals surface area contributed by atoms with E-state index in [-0.39, 0.29) is 12.2 Å². The fraction of sp³-hybridized carbons (Fsp3) is 0.167. The van der Waals surface area contributed by atoms with Gasteiger partial charge in [-0.3, -0.25) is 9.36 Å². The first-order chi connectivity index (χ1) is 12.6. The molecule has 0 fully saturated rings. The molecule has 0 aliphatic carbocycles. The predicted octanol–water partition coefficient (Wildman–Crippen LogP) is 3.63. The fourth-order valence-electron chi connectivity index (χ4n) is 2.39. The van der Waals surface area contributed by atoms with Gasteiger partial charge in [0.2, 0.25) is 6.79 Å². The van der Waals surface area contributed by atoms with Gasteiger partial charge >= 0.3 is 7.60 Å². The van der Waals surface area contributed by atoms with Crippen LogP contribution in [-0.2, 0) is 13.6 Å². The van der Waals surface area contributed by atoms with E-state index in [9.17, 15) is 9.36 Å². The van der Waals surface area contributed by atoms with Crippen LogP contribution in [0.3, 0.4) is 0 Å². The molecule has 0 saturated heterocycles. The summed E-state index contributed by atoms with van der Waals surface area (Å²) < 4.78 is 33.6. The number of carbonyl (C=O) groups is 1. The number of fused-ring (bicyclic) bond motifs is 1. The van der Waals surface area contributed by atoms with Crippen molar-refractivity contribution in [3.8, 4) is 11.5 Å². The molecule has 0 aromatic heterocycles. The summed E-state index contributed by atoms with van der Waals surface area (Å²) in [6, 6.07) is 13.8. The van der Waals surface area contributed by atoms with Crippen LogP contribution in [0, 0.1) is 0 Å². The number of nitrogens with one attached hydrogen (secondary N) is 1. The number of rotatable bonds is 6. The summed E-state index contributed by atoms with van der Waals surface area (Å²) in [6.07, 6.45) is 1.52. The average Bonchev–Trinajstić information content (AvgIpc) is 3.15. The second kappa shape index (κ2) is 7.74. The second-order valence-electron chi connectivity index (χ2n) is 5.33. The lowest BCUT2D eigenvalue weighted by Crippen LogP contribution is -2.23. The summed E-state index contributed by atoms with van der Waals surface area (Å²) >= 11 is 0. The molecule has 1 aliphatic rings. The Balaban J connectivity index is 1.96. The number of amides is 1. The van der Waals surface area contributed by atoms with Crippen LogP contribution in [0.1, 0.15) is 15.9 Å². The van der Waals surface area contributed by atoms with Gasteiger partial charge < -0.3 is 23.8 Å². The minimum absolute atomic E-state index is 0.0234. The maximum Gasteiger partial charge on any atom is 0.376 e. The first-order valence-electron chi connectivity index (χ1n) is 7.75. The van der Waals surface area contributed by atoms with E-state index in [0.717, 1.165) is 0 Å². The lowest BCUT2D eigenvalue weighted by molar-refractivity contribution is 0.0966. The smallest absolute Gasteiger partial charge is 0.376 e. The molecule has 0 unspecified atom stereocenters. The van der Waals surface area contributed by atoms with Crippen LogP contribution >= 0.6 is 7.60 Å². The van der Waals surface area contributed by atoms with Gasteiger partial charge in [-0.05, 0) is 35.9 Å². The Morgan fingerprint density at radius 3 is 2.46 bits per heavy atom. The lowest BCUT2D eigenvalue weighted by atomic mass is 10.2. The molecule has 26 heavy (non-hydrogen) atoms. The monoisotopic (exact) mass is 375 g/mol. The minimum Gasteiger partial charge on any atom is -0.454 e. The lowest BCUT2D eigenvalue weighted by Gasteiger charge is -2.18. The van der Waals surface area contributed by atoms with Crippen LogP contribution < -0.4 is 14.8 Å². The van der Waals surface area contributed by atoms with E-state index in [1.807, 2.05) is 0 Å². The van der Waals surface area contributed by atoms with Gasteiger partial charge in [0.1, 0.15) is 5.44 Å². The van der Waals surface area contributed by atoms with Gasteiger partial charge in [0.05, 0.1) is 0 Å². The summed E-state index contributed by atoms with van der Waals surface area (Å²) in [5, 5.41) is 2.63. The Bertz CT molecular complexity index is 873. The van der Waals surface area contributed by atoms with Crippen LogP contribution in [0.5, 0.6) is 11.5 Å². The molecule has 2 aromatic carbocycles. The predicted molar refractivity (Wildman–Crippen MR) is 96.1 cm³/mol. The van der Waals surface area contributed by atoms with Crippen molar-refractivity contribution >= 4 is 19.6 Å². The molecular weight excluding hydrogens is 357 g/mol. The summed E-state index contributed by atoms with van der Waals surface area (Å²) in [7, 11) is -1.18. The quantitative estimate of drug-likeness (QED) is 0.777. The number of hydrogen-bond donors (Lipinski definition) is 1. The molecule has 1 heterocycles. The SMILES string of the molecule is COP(=O)(OC)/C(=C/c1ccc2c(c1)OCO2)NC(=O)c1ccccc1. The molecule has 1 amide bonds. The summed E-state index contributed by atoms with van der Waals surface area (Å²) in [4.78, 5) is 12.5. The number of benzene rings is 2. The first-order valence-corrected chi connectivity index (χ1v) is 9.30. The normalized spacial score (nSPS) is 13.5. The zero-order valence-electron chi connectivity index (χ0n) is 14.3. The highest BCUT2D eigenvalue weighted by molar-refractivity contribution is 7.58. The molecule has 0 spiro atoms. The largest absolute Gasteiger partial charge is 0.454 e. The van der Waals surface area contributed by atoms with Crippen molar-refractivity contribution in [3.63, 3.8) is 0 Å². The summed E-state index contributed by atoms with van der Waals surface area (Å²) in [6.45, 7) is 0.148. The van der Waals surface area contributed by atoms with Crippen LogP contribution in [-0.4, -0.2) is 26.9 Å². The zero-order chi connectivity index (χ0) is 18.6. The van der Waals surface area contributed by atoms with Gasteiger partial charge in [0, 0.05) is 19.8 Å². The van der Waals surface area contributed by atoms with Crippen molar-refractivity contribution in [1.29, 1.82) is 0 Å². The van der Waals surface area contributed by atoms with Crippen molar-refractivity contribution in [3.05, 3.63) is 65.1 Å². The molecule has 136 valence electrons. The zero-order valence-corrected chi connectivity index (χ0v) is 15.2. The molecule has 0 radical (unpaired) electrons. The average molecular weight is 375 g/mol. The number of hydrogen-bond acceptors (Lipinski definition) is 6. The molecule has 8 heteroatoms. The second-order valence-corrected chi connectivity index (χ2v) is 7.53.